The number of rotatable bonds is 1. The van der Waals surface area contributed by atoms with Crippen molar-refractivity contribution in [3.63, 3.8) is 0 Å². The summed E-state index contributed by atoms with van der Waals surface area (Å²) in [4.78, 5) is 4.50. The van der Waals surface area contributed by atoms with Crippen LogP contribution in [0.3, 0.4) is 0 Å². The summed E-state index contributed by atoms with van der Waals surface area (Å²) in [6.45, 7) is 4.09. The highest BCUT2D eigenvalue weighted by Gasteiger charge is 2.18. The number of aromatic nitrogens is 1. The lowest BCUT2D eigenvalue weighted by atomic mass is 10.1. The van der Waals surface area contributed by atoms with Gasteiger partial charge in [0.1, 0.15) is 5.69 Å². The molecule has 1 aliphatic heterocycles. The lowest BCUT2D eigenvalue weighted by Gasteiger charge is -2.11. The molecule has 0 aliphatic carbocycles. The molecule has 82 valence electrons. The number of halogens is 1. The summed E-state index contributed by atoms with van der Waals surface area (Å²) < 4.78 is 8.61. The van der Waals surface area contributed by atoms with Gasteiger partial charge in [-0.2, -0.15) is 0 Å². The largest absolute Gasteiger partial charge is 0.480 e. The van der Waals surface area contributed by atoms with Crippen molar-refractivity contribution >= 4 is 21.8 Å². The van der Waals surface area contributed by atoms with Crippen LogP contribution in [0.1, 0.15) is 19.0 Å². The van der Waals surface area contributed by atoms with E-state index in [0.717, 1.165) is 35.6 Å². The second-order valence-corrected chi connectivity index (χ2v) is 4.74. The maximum Gasteiger partial charge on any atom is 0.233 e. The zero-order chi connectivity index (χ0) is 10.8. The van der Waals surface area contributed by atoms with E-state index in [9.17, 15) is 0 Å². The quantitative estimate of drug-likeness (QED) is 0.771. The fourth-order valence-corrected chi connectivity index (χ4v) is 2.33. The van der Waals surface area contributed by atoms with E-state index in [1.807, 2.05) is 0 Å². The third-order valence-electron chi connectivity index (χ3n) is 2.80. The Labute approximate surface area is 98.3 Å². The van der Waals surface area contributed by atoms with Gasteiger partial charge in [-0.25, -0.2) is 4.99 Å². The summed E-state index contributed by atoms with van der Waals surface area (Å²) in [7, 11) is 1.68. The first-order chi connectivity index (χ1) is 7.24. The van der Waals surface area contributed by atoms with E-state index < -0.39 is 0 Å². The lowest BCUT2D eigenvalue weighted by Crippen LogP contribution is -2.12. The first-order valence-electron chi connectivity index (χ1n) is 5.19. The first kappa shape index (κ1) is 10.7. The summed E-state index contributed by atoms with van der Waals surface area (Å²) in [6.07, 6.45) is 3.24. The van der Waals surface area contributed by atoms with Crippen LogP contribution < -0.4 is 0 Å². The van der Waals surface area contributed by atoms with Crippen LogP contribution >= 0.6 is 15.9 Å². The van der Waals surface area contributed by atoms with Crippen molar-refractivity contribution in [2.45, 2.75) is 19.9 Å². The third-order valence-corrected chi connectivity index (χ3v) is 3.23. The Kier molecular flexibility index (Phi) is 3.14. The molecule has 0 N–H and O–H groups in total. The van der Waals surface area contributed by atoms with Gasteiger partial charge in [-0.15, -0.1) is 0 Å². The van der Waals surface area contributed by atoms with E-state index in [-0.39, 0.29) is 0 Å². The fraction of sp³-hybridized carbons (Fsp3) is 0.545. The van der Waals surface area contributed by atoms with Crippen LogP contribution in [0.5, 0.6) is 0 Å². The number of aliphatic imine (C=N–C) groups is 1. The molecule has 1 aliphatic rings. The maximum absolute atomic E-state index is 5.31. The number of ether oxygens (including phenoxy) is 1. The first-order valence-corrected chi connectivity index (χ1v) is 5.98. The van der Waals surface area contributed by atoms with Gasteiger partial charge in [0.2, 0.25) is 5.90 Å². The summed E-state index contributed by atoms with van der Waals surface area (Å²) in [5.74, 6) is 1.35. The van der Waals surface area contributed by atoms with Crippen LogP contribution in [-0.2, 0) is 11.3 Å². The topological polar surface area (TPSA) is 26.5 Å². The molecule has 2 rings (SSSR count). The molecule has 4 heteroatoms. The molecule has 0 aromatic carbocycles. The summed E-state index contributed by atoms with van der Waals surface area (Å²) in [6, 6.07) is 2.06. The summed E-state index contributed by atoms with van der Waals surface area (Å²) in [5, 5.41) is 0. The normalized spacial score (nSPS) is 20.5. The third kappa shape index (κ3) is 2.09. The molecular weight excluding hydrogens is 256 g/mol. The van der Waals surface area contributed by atoms with Crippen LogP contribution in [0.4, 0.5) is 0 Å². The van der Waals surface area contributed by atoms with E-state index >= 15 is 0 Å². The van der Waals surface area contributed by atoms with E-state index in [2.05, 4.69) is 44.7 Å². The molecule has 1 aromatic rings. The van der Waals surface area contributed by atoms with Crippen molar-refractivity contribution in [3.8, 4) is 0 Å². The molecule has 0 fully saturated rings. The molecule has 1 atom stereocenters. The van der Waals surface area contributed by atoms with Gasteiger partial charge in [0.05, 0.1) is 7.11 Å². The van der Waals surface area contributed by atoms with Gasteiger partial charge in [0.15, 0.2) is 0 Å². The Bertz CT molecular complexity index is 384. The van der Waals surface area contributed by atoms with Crippen molar-refractivity contribution in [3.05, 3.63) is 22.4 Å². The molecule has 1 aromatic heterocycles. The molecule has 3 nitrogen and oxygen atoms in total. The fourth-order valence-electron chi connectivity index (χ4n) is 1.86. The van der Waals surface area contributed by atoms with Gasteiger partial charge in [-0.1, -0.05) is 6.92 Å². The number of fused-ring (bicyclic) bond motifs is 1. The molecule has 0 unspecified atom stereocenters. The molecular formula is C11H15BrN2O. The minimum atomic E-state index is 0.607. The predicted molar refractivity (Wildman–Crippen MR) is 64.3 cm³/mol. The van der Waals surface area contributed by atoms with Crippen LogP contribution in [0, 0.1) is 5.92 Å². The molecule has 0 spiro atoms. The highest BCUT2D eigenvalue weighted by Crippen LogP contribution is 2.21. The Balaban J connectivity index is 2.40. The number of hydrogen-bond acceptors (Lipinski definition) is 2. The molecule has 2 heterocycles. The van der Waals surface area contributed by atoms with Crippen LogP contribution in [0.15, 0.2) is 21.7 Å². The maximum atomic E-state index is 5.31. The second-order valence-electron chi connectivity index (χ2n) is 3.82. The summed E-state index contributed by atoms with van der Waals surface area (Å²) >= 11 is 3.49. The average molecular weight is 271 g/mol. The van der Waals surface area contributed by atoms with Crippen molar-refractivity contribution in [2.75, 3.05) is 13.7 Å². The van der Waals surface area contributed by atoms with Crippen LogP contribution in [0.2, 0.25) is 0 Å². The van der Waals surface area contributed by atoms with Gasteiger partial charge < -0.3 is 9.30 Å². The molecule has 0 saturated carbocycles. The van der Waals surface area contributed by atoms with E-state index in [4.69, 9.17) is 4.74 Å². The van der Waals surface area contributed by atoms with Crippen molar-refractivity contribution in [1.82, 2.24) is 4.57 Å². The van der Waals surface area contributed by atoms with Gasteiger partial charge in [-0.3, -0.25) is 0 Å². The monoisotopic (exact) mass is 270 g/mol. The van der Waals surface area contributed by atoms with Crippen molar-refractivity contribution in [2.24, 2.45) is 10.9 Å². The molecule has 0 radical (unpaired) electrons. The van der Waals surface area contributed by atoms with E-state index in [1.54, 1.807) is 7.11 Å². The van der Waals surface area contributed by atoms with Gasteiger partial charge in [0, 0.05) is 23.8 Å². The highest BCUT2D eigenvalue weighted by atomic mass is 79.9. The predicted octanol–water partition coefficient (Wildman–Crippen LogP) is 2.68. The number of methoxy groups -OCH3 is 1. The minimum absolute atomic E-state index is 0.607. The van der Waals surface area contributed by atoms with Crippen molar-refractivity contribution in [1.29, 1.82) is 0 Å². The molecule has 0 saturated heterocycles. The Morgan fingerprint density at radius 2 is 2.47 bits per heavy atom. The molecule has 15 heavy (non-hydrogen) atoms. The Morgan fingerprint density at radius 1 is 1.67 bits per heavy atom. The van der Waals surface area contributed by atoms with Gasteiger partial charge in [0.25, 0.3) is 0 Å². The number of hydrogen-bond donors (Lipinski definition) is 0. The van der Waals surface area contributed by atoms with Crippen molar-refractivity contribution < 1.29 is 4.74 Å². The SMILES string of the molecule is CC[C@@H]1CN=C(OC)c2cc(Br)cn2C1. The van der Waals surface area contributed by atoms with Gasteiger partial charge in [-0.05, 0) is 34.3 Å². The zero-order valence-electron chi connectivity index (χ0n) is 9.03. The van der Waals surface area contributed by atoms with Crippen LogP contribution in [0.25, 0.3) is 0 Å². The lowest BCUT2D eigenvalue weighted by molar-refractivity contribution is 0.400. The molecule has 0 bridgehead atoms. The van der Waals surface area contributed by atoms with Crippen LogP contribution in [-0.4, -0.2) is 24.1 Å². The Hall–Kier alpha value is -0.770. The smallest absolute Gasteiger partial charge is 0.233 e. The summed E-state index contributed by atoms with van der Waals surface area (Å²) in [5.41, 5.74) is 1.07. The second kappa shape index (κ2) is 4.39. The van der Waals surface area contributed by atoms with E-state index in [0.29, 0.717) is 5.92 Å². The highest BCUT2D eigenvalue weighted by molar-refractivity contribution is 9.10. The minimum Gasteiger partial charge on any atom is -0.480 e. The zero-order valence-corrected chi connectivity index (χ0v) is 10.6. The van der Waals surface area contributed by atoms with E-state index in [1.165, 1.54) is 0 Å². The Morgan fingerprint density at radius 3 is 3.13 bits per heavy atom. The standard InChI is InChI=1S/C11H15BrN2O/c1-3-8-5-13-11(15-2)10-4-9(12)7-14(10)6-8/h4,7-8H,3,5-6H2,1-2H3/t8-/m1/s1. The van der Waals surface area contributed by atoms with Gasteiger partial charge >= 0.3 is 0 Å². The molecule has 0 amide bonds. The average Bonchev–Trinajstić information content (AvgIpc) is 2.50. The number of nitrogens with zero attached hydrogens (tertiary/aromatic N) is 2.